The Bertz CT molecular complexity index is 1020. The topological polar surface area (TPSA) is 30.7 Å². The van der Waals surface area contributed by atoms with E-state index in [4.69, 9.17) is 0 Å². The zero-order chi connectivity index (χ0) is 19.2. The Hall–Kier alpha value is -2.02. The van der Waals surface area contributed by atoms with Crippen molar-refractivity contribution in [1.82, 2.24) is 14.8 Å². The largest absolute Gasteiger partial charge is 0.273 e. The van der Waals surface area contributed by atoms with Gasteiger partial charge in [-0.3, -0.25) is 4.57 Å². The van der Waals surface area contributed by atoms with Gasteiger partial charge >= 0.3 is 0 Å². The number of aromatic nitrogens is 3. The lowest BCUT2D eigenvalue weighted by molar-refractivity contribution is 0.864. The van der Waals surface area contributed by atoms with Crippen LogP contribution < -0.4 is 0 Å². The highest BCUT2D eigenvalue weighted by molar-refractivity contribution is 9.10. The number of thioether (sulfide) groups is 2. The highest BCUT2D eigenvalue weighted by Crippen LogP contribution is 2.29. The molecule has 0 aliphatic rings. The first-order valence-electron chi connectivity index (χ1n) is 8.84. The number of benzene rings is 3. The van der Waals surface area contributed by atoms with Gasteiger partial charge in [-0.05, 0) is 42.0 Å². The number of hydrogen-bond acceptors (Lipinski definition) is 4. The lowest BCUT2D eigenvalue weighted by atomic mass is 10.2. The Balaban J connectivity index is 1.57. The molecular formula is C22H18BrN3S2. The van der Waals surface area contributed by atoms with Crippen LogP contribution in [0.5, 0.6) is 0 Å². The molecule has 3 nitrogen and oxygen atoms in total. The van der Waals surface area contributed by atoms with Crippen LogP contribution in [0.3, 0.4) is 0 Å². The maximum Gasteiger partial charge on any atom is 0.196 e. The maximum absolute atomic E-state index is 4.50. The maximum atomic E-state index is 4.50. The molecule has 1 aromatic heterocycles. The standard InChI is InChI=1S/C22H18BrN3S2/c23-18-13-11-17(12-14-18)15-28-22-25-24-21(16-27-20-9-5-2-6-10-20)26(22)19-7-3-1-4-8-19/h1-14H,15-16H2. The van der Waals surface area contributed by atoms with Crippen molar-refractivity contribution in [1.29, 1.82) is 0 Å². The SMILES string of the molecule is Brc1ccc(CSc2nnc(CSc3ccccc3)n2-c2ccccc2)cc1. The van der Waals surface area contributed by atoms with Crippen LogP contribution in [0.25, 0.3) is 5.69 Å². The van der Waals surface area contributed by atoms with Crippen LogP contribution in [0.15, 0.2) is 99.5 Å². The summed E-state index contributed by atoms with van der Waals surface area (Å²) >= 11 is 6.97. The molecule has 28 heavy (non-hydrogen) atoms. The third kappa shape index (κ3) is 4.87. The second-order valence-electron chi connectivity index (χ2n) is 6.09. The highest BCUT2D eigenvalue weighted by Gasteiger charge is 2.15. The van der Waals surface area contributed by atoms with E-state index in [1.807, 2.05) is 24.3 Å². The highest BCUT2D eigenvalue weighted by atomic mass is 79.9. The Kier molecular flexibility index (Phi) is 6.52. The van der Waals surface area contributed by atoms with Gasteiger partial charge in [0, 0.05) is 20.8 Å². The van der Waals surface area contributed by atoms with Gasteiger partial charge in [0.15, 0.2) is 5.16 Å². The zero-order valence-electron chi connectivity index (χ0n) is 15.0. The summed E-state index contributed by atoms with van der Waals surface area (Å²) in [6.45, 7) is 0. The van der Waals surface area contributed by atoms with Gasteiger partial charge in [0.2, 0.25) is 0 Å². The molecule has 1 heterocycles. The van der Waals surface area contributed by atoms with E-state index in [2.05, 4.69) is 91.4 Å². The number of para-hydroxylation sites is 1. The quantitative estimate of drug-likeness (QED) is 0.286. The van der Waals surface area contributed by atoms with Crippen LogP contribution in [0.1, 0.15) is 11.4 Å². The second-order valence-corrected chi connectivity index (χ2v) is 8.99. The van der Waals surface area contributed by atoms with E-state index in [9.17, 15) is 0 Å². The predicted octanol–water partition coefficient (Wildman–Crippen LogP) is 6.61. The van der Waals surface area contributed by atoms with Crippen molar-refractivity contribution in [2.24, 2.45) is 0 Å². The number of rotatable bonds is 7. The Morgan fingerprint density at radius 3 is 2.11 bits per heavy atom. The van der Waals surface area contributed by atoms with Crippen molar-refractivity contribution in [2.45, 2.75) is 21.6 Å². The van der Waals surface area contributed by atoms with Gasteiger partial charge in [-0.25, -0.2) is 0 Å². The molecule has 0 N–H and O–H groups in total. The lowest BCUT2D eigenvalue weighted by Gasteiger charge is -2.10. The molecule has 3 aromatic carbocycles. The van der Waals surface area contributed by atoms with E-state index < -0.39 is 0 Å². The average molecular weight is 468 g/mol. The first-order valence-corrected chi connectivity index (χ1v) is 11.6. The second kappa shape index (κ2) is 9.45. The lowest BCUT2D eigenvalue weighted by Crippen LogP contribution is -2.01. The molecule has 0 bridgehead atoms. The van der Waals surface area contributed by atoms with Gasteiger partial charge < -0.3 is 0 Å². The summed E-state index contributed by atoms with van der Waals surface area (Å²) in [5.41, 5.74) is 2.35. The number of hydrogen-bond donors (Lipinski definition) is 0. The molecular weight excluding hydrogens is 450 g/mol. The molecule has 0 aliphatic carbocycles. The van der Waals surface area contributed by atoms with E-state index in [1.54, 1.807) is 23.5 Å². The van der Waals surface area contributed by atoms with E-state index in [1.165, 1.54) is 10.5 Å². The molecule has 140 valence electrons. The van der Waals surface area contributed by atoms with E-state index in [-0.39, 0.29) is 0 Å². The van der Waals surface area contributed by atoms with Crippen molar-refractivity contribution >= 4 is 39.5 Å². The molecule has 0 fully saturated rings. The summed E-state index contributed by atoms with van der Waals surface area (Å²) in [6, 6.07) is 29.1. The van der Waals surface area contributed by atoms with Gasteiger partial charge in [0.25, 0.3) is 0 Å². The molecule has 0 radical (unpaired) electrons. The van der Waals surface area contributed by atoms with E-state index >= 15 is 0 Å². The first-order chi connectivity index (χ1) is 13.8. The van der Waals surface area contributed by atoms with Crippen molar-refractivity contribution in [3.63, 3.8) is 0 Å². The molecule has 4 rings (SSSR count). The number of halogens is 1. The van der Waals surface area contributed by atoms with Crippen molar-refractivity contribution in [3.8, 4) is 5.69 Å². The summed E-state index contributed by atoms with van der Waals surface area (Å²) < 4.78 is 3.26. The fourth-order valence-electron chi connectivity index (χ4n) is 2.72. The summed E-state index contributed by atoms with van der Waals surface area (Å²) in [5.74, 6) is 2.58. The zero-order valence-corrected chi connectivity index (χ0v) is 18.3. The smallest absolute Gasteiger partial charge is 0.196 e. The summed E-state index contributed by atoms with van der Waals surface area (Å²) in [5, 5.41) is 9.90. The van der Waals surface area contributed by atoms with Crippen LogP contribution >= 0.6 is 39.5 Å². The average Bonchev–Trinajstić information content (AvgIpc) is 3.16. The van der Waals surface area contributed by atoms with Gasteiger partial charge in [0.05, 0.1) is 5.75 Å². The first kappa shape index (κ1) is 19.3. The van der Waals surface area contributed by atoms with Gasteiger partial charge in [-0.15, -0.1) is 22.0 Å². The van der Waals surface area contributed by atoms with Crippen LogP contribution in [0.2, 0.25) is 0 Å². The Morgan fingerprint density at radius 2 is 1.39 bits per heavy atom. The van der Waals surface area contributed by atoms with Crippen LogP contribution in [-0.4, -0.2) is 14.8 Å². The van der Waals surface area contributed by atoms with Gasteiger partial charge in [-0.1, -0.05) is 76.2 Å². The molecule has 0 amide bonds. The Morgan fingerprint density at radius 1 is 0.714 bits per heavy atom. The minimum absolute atomic E-state index is 0.769. The summed E-state index contributed by atoms with van der Waals surface area (Å²) in [6.07, 6.45) is 0. The third-order valence-electron chi connectivity index (χ3n) is 4.11. The van der Waals surface area contributed by atoms with Crippen LogP contribution in [-0.2, 0) is 11.5 Å². The fraction of sp³-hybridized carbons (Fsp3) is 0.0909. The molecule has 0 atom stereocenters. The van der Waals surface area contributed by atoms with Crippen LogP contribution in [0.4, 0.5) is 0 Å². The summed E-state index contributed by atoms with van der Waals surface area (Å²) in [4.78, 5) is 1.23. The number of nitrogens with zero attached hydrogens (tertiary/aromatic N) is 3. The normalized spacial score (nSPS) is 10.9. The van der Waals surface area contributed by atoms with Crippen molar-refractivity contribution in [3.05, 3.63) is 101 Å². The van der Waals surface area contributed by atoms with Crippen molar-refractivity contribution < 1.29 is 0 Å². The molecule has 0 unspecified atom stereocenters. The van der Waals surface area contributed by atoms with Gasteiger partial charge in [0.1, 0.15) is 5.82 Å². The van der Waals surface area contributed by atoms with Crippen molar-refractivity contribution in [2.75, 3.05) is 0 Å². The molecule has 0 spiro atoms. The molecule has 6 heteroatoms. The minimum Gasteiger partial charge on any atom is -0.273 e. The summed E-state index contributed by atoms with van der Waals surface area (Å²) in [7, 11) is 0. The third-order valence-corrected chi connectivity index (χ3v) is 6.64. The van der Waals surface area contributed by atoms with E-state index in [0.29, 0.717) is 0 Å². The van der Waals surface area contributed by atoms with E-state index in [0.717, 1.165) is 32.6 Å². The molecule has 0 saturated carbocycles. The molecule has 0 saturated heterocycles. The van der Waals surface area contributed by atoms with Gasteiger partial charge in [-0.2, -0.15) is 0 Å². The molecule has 4 aromatic rings. The molecule has 0 aliphatic heterocycles. The van der Waals surface area contributed by atoms with Crippen LogP contribution in [0, 0.1) is 0 Å². The monoisotopic (exact) mass is 467 g/mol. The Labute approximate surface area is 181 Å². The minimum atomic E-state index is 0.769. The predicted molar refractivity (Wildman–Crippen MR) is 121 cm³/mol. The fourth-order valence-corrected chi connectivity index (χ4v) is 4.74.